The van der Waals surface area contributed by atoms with Gasteiger partial charge in [-0.2, -0.15) is 8.42 Å². The molecule has 1 aliphatic heterocycles. The second-order valence-corrected chi connectivity index (χ2v) is 5.75. The smallest absolute Gasteiger partial charge is 0.407 e. The van der Waals surface area contributed by atoms with Crippen molar-refractivity contribution < 1.29 is 22.5 Å². The van der Waals surface area contributed by atoms with Gasteiger partial charge in [0.25, 0.3) is 10.1 Å². The molecule has 98 valence electrons. The Morgan fingerprint density at radius 1 is 1.33 bits per heavy atom. The Balaban J connectivity index is 2.01. The van der Waals surface area contributed by atoms with Gasteiger partial charge in [-0.05, 0) is 19.1 Å². The zero-order valence-electron chi connectivity index (χ0n) is 9.74. The molecule has 18 heavy (non-hydrogen) atoms. The molecule has 0 aromatic heterocycles. The number of nitrogens with zero attached hydrogens (tertiary/aromatic N) is 1. The highest BCUT2D eigenvalue weighted by atomic mass is 32.2. The summed E-state index contributed by atoms with van der Waals surface area (Å²) in [6, 6.07) is 6.30. The predicted molar refractivity (Wildman–Crippen MR) is 62.8 cm³/mol. The van der Waals surface area contributed by atoms with Gasteiger partial charge in [-0.25, -0.2) is 4.79 Å². The van der Waals surface area contributed by atoms with Gasteiger partial charge in [0.15, 0.2) is 0 Å². The average molecular weight is 271 g/mol. The maximum absolute atomic E-state index is 11.8. The molecule has 0 aliphatic carbocycles. The van der Waals surface area contributed by atoms with Crippen molar-refractivity contribution in [1.82, 2.24) is 4.90 Å². The fourth-order valence-electron chi connectivity index (χ4n) is 1.59. The quantitative estimate of drug-likeness (QED) is 0.831. The van der Waals surface area contributed by atoms with Crippen molar-refractivity contribution in [3.05, 3.63) is 29.8 Å². The van der Waals surface area contributed by atoms with Crippen LogP contribution in [0.1, 0.15) is 5.56 Å². The van der Waals surface area contributed by atoms with E-state index < -0.39 is 22.3 Å². The molecule has 6 nitrogen and oxygen atoms in total. The largest absolute Gasteiger partial charge is 0.465 e. The molecule has 1 amide bonds. The number of rotatable bonds is 3. The van der Waals surface area contributed by atoms with Crippen LogP contribution in [-0.4, -0.2) is 43.7 Å². The van der Waals surface area contributed by atoms with Crippen LogP contribution in [0.4, 0.5) is 4.79 Å². The third kappa shape index (κ3) is 2.62. The monoisotopic (exact) mass is 271 g/mol. The van der Waals surface area contributed by atoms with Gasteiger partial charge in [0.05, 0.1) is 18.0 Å². The number of likely N-dealkylation sites (tertiary alicyclic amines) is 1. The van der Waals surface area contributed by atoms with Crippen LogP contribution in [0.15, 0.2) is 29.2 Å². The van der Waals surface area contributed by atoms with Crippen LogP contribution >= 0.6 is 0 Å². The van der Waals surface area contributed by atoms with Crippen molar-refractivity contribution in [3.63, 3.8) is 0 Å². The average Bonchev–Trinajstić information content (AvgIpc) is 2.23. The molecule has 1 aromatic rings. The Morgan fingerprint density at radius 3 is 2.39 bits per heavy atom. The van der Waals surface area contributed by atoms with Crippen LogP contribution in [0, 0.1) is 6.92 Å². The first kappa shape index (κ1) is 12.8. The van der Waals surface area contributed by atoms with Gasteiger partial charge in [0.2, 0.25) is 0 Å². The zero-order chi connectivity index (χ0) is 13.3. The molecule has 0 spiro atoms. The molecule has 0 atom stereocenters. The van der Waals surface area contributed by atoms with Gasteiger partial charge in [0, 0.05) is 0 Å². The van der Waals surface area contributed by atoms with E-state index in [-0.39, 0.29) is 18.0 Å². The van der Waals surface area contributed by atoms with E-state index in [2.05, 4.69) is 0 Å². The van der Waals surface area contributed by atoms with E-state index in [1.807, 2.05) is 6.92 Å². The van der Waals surface area contributed by atoms with Crippen molar-refractivity contribution in [2.45, 2.75) is 17.9 Å². The van der Waals surface area contributed by atoms with Crippen molar-refractivity contribution in [3.8, 4) is 0 Å². The summed E-state index contributed by atoms with van der Waals surface area (Å²) in [5.41, 5.74) is 0.953. The van der Waals surface area contributed by atoms with Crippen LogP contribution in [0.5, 0.6) is 0 Å². The molecule has 1 fully saturated rings. The van der Waals surface area contributed by atoms with Gasteiger partial charge in [-0.3, -0.25) is 4.18 Å². The molecule has 0 bridgehead atoms. The summed E-state index contributed by atoms with van der Waals surface area (Å²) in [7, 11) is -3.81. The van der Waals surface area contributed by atoms with Crippen molar-refractivity contribution >= 4 is 16.2 Å². The third-order valence-corrected chi connectivity index (χ3v) is 4.07. The number of hydrogen-bond acceptors (Lipinski definition) is 4. The van der Waals surface area contributed by atoms with Gasteiger partial charge >= 0.3 is 6.09 Å². The van der Waals surface area contributed by atoms with E-state index in [9.17, 15) is 13.2 Å². The standard InChI is InChI=1S/C11H13NO5S/c1-8-2-4-10(5-3-8)18(15,16)17-9-6-12(7-9)11(13)14/h2-5,9H,6-7H2,1H3,(H,13,14). The molecule has 0 saturated carbocycles. The Bertz CT molecular complexity index is 545. The second kappa shape index (κ2) is 4.58. The summed E-state index contributed by atoms with van der Waals surface area (Å²) in [4.78, 5) is 11.7. The lowest BCUT2D eigenvalue weighted by atomic mass is 10.2. The van der Waals surface area contributed by atoms with Gasteiger partial charge in [0.1, 0.15) is 6.10 Å². The van der Waals surface area contributed by atoms with Gasteiger partial charge in [-0.1, -0.05) is 17.7 Å². The summed E-state index contributed by atoms with van der Waals surface area (Å²) >= 11 is 0. The van der Waals surface area contributed by atoms with E-state index in [4.69, 9.17) is 9.29 Å². The van der Waals surface area contributed by atoms with Crippen LogP contribution in [0.2, 0.25) is 0 Å². The third-order valence-electron chi connectivity index (χ3n) is 2.69. The highest BCUT2D eigenvalue weighted by Gasteiger charge is 2.35. The van der Waals surface area contributed by atoms with Crippen LogP contribution in [0.3, 0.4) is 0 Å². The fourth-order valence-corrected chi connectivity index (χ4v) is 2.66. The maximum atomic E-state index is 11.8. The number of aryl methyl sites for hydroxylation is 1. The highest BCUT2D eigenvalue weighted by molar-refractivity contribution is 7.86. The second-order valence-electron chi connectivity index (χ2n) is 4.17. The topological polar surface area (TPSA) is 83.9 Å². The summed E-state index contributed by atoms with van der Waals surface area (Å²) < 4.78 is 28.6. The van der Waals surface area contributed by atoms with E-state index in [0.29, 0.717) is 0 Å². The number of carbonyl (C=O) groups is 1. The SMILES string of the molecule is Cc1ccc(S(=O)(=O)OC2CN(C(=O)O)C2)cc1. The molecule has 1 N–H and O–H groups in total. The summed E-state index contributed by atoms with van der Waals surface area (Å²) in [6.07, 6.45) is -1.66. The van der Waals surface area contributed by atoms with Crippen molar-refractivity contribution in [1.29, 1.82) is 0 Å². The fraction of sp³-hybridized carbons (Fsp3) is 0.364. The van der Waals surface area contributed by atoms with Crippen molar-refractivity contribution in [2.75, 3.05) is 13.1 Å². The maximum Gasteiger partial charge on any atom is 0.407 e. The zero-order valence-corrected chi connectivity index (χ0v) is 10.6. The van der Waals surface area contributed by atoms with Gasteiger partial charge in [-0.15, -0.1) is 0 Å². The first-order valence-electron chi connectivity index (χ1n) is 5.36. The minimum absolute atomic E-state index is 0.0838. The molecule has 1 heterocycles. The molecular formula is C11H13NO5S. The Morgan fingerprint density at radius 2 is 1.89 bits per heavy atom. The normalized spacial score (nSPS) is 16.4. The molecule has 1 aliphatic rings. The number of carboxylic acid groups (broad SMARTS) is 1. The summed E-state index contributed by atoms with van der Waals surface area (Å²) in [5.74, 6) is 0. The van der Waals surface area contributed by atoms with E-state index >= 15 is 0 Å². The van der Waals surface area contributed by atoms with Gasteiger partial charge < -0.3 is 10.0 Å². The molecule has 0 radical (unpaired) electrons. The molecule has 0 unspecified atom stereocenters. The first-order chi connectivity index (χ1) is 8.38. The van der Waals surface area contributed by atoms with Crippen LogP contribution < -0.4 is 0 Å². The number of amides is 1. The summed E-state index contributed by atoms with van der Waals surface area (Å²) in [5, 5.41) is 8.62. The predicted octanol–water partition coefficient (Wildman–Crippen LogP) is 1.06. The minimum atomic E-state index is -3.81. The summed E-state index contributed by atoms with van der Waals surface area (Å²) in [6.45, 7) is 2.02. The molecule has 2 rings (SSSR count). The highest BCUT2D eigenvalue weighted by Crippen LogP contribution is 2.19. The molecule has 1 saturated heterocycles. The van der Waals surface area contributed by atoms with Crippen LogP contribution in [0.25, 0.3) is 0 Å². The lowest BCUT2D eigenvalue weighted by molar-refractivity contribution is 0.0287. The van der Waals surface area contributed by atoms with E-state index in [0.717, 1.165) is 10.5 Å². The molecular weight excluding hydrogens is 258 g/mol. The molecule has 7 heteroatoms. The van der Waals surface area contributed by atoms with Crippen molar-refractivity contribution in [2.24, 2.45) is 0 Å². The Labute approximate surface area is 105 Å². The Kier molecular flexibility index (Phi) is 3.27. The van der Waals surface area contributed by atoms with E-state index in [1.165, 1.54) is 12.1 Å². The lowest BCUT2D eigenvalue weighted by Crippen LogP contribution is -2.54. The first-order valence-corrected chi connectivity index (χ1v) is 6.77. The molecule has 1 aromatic carbocycles. The Hall–Kier alpha value is -1.60. The van der Waals surface area contributed by atoms with E-state index in [1.54, 1.807) is 12.1 Å². The lowest BCUT2D eigenvalue weighted by Gasteiger charge is -2.35. The number of hydrogen-bond donors (Lipinski definition) is 1. The number of benzene rings is 1. The minimum Gasteiger partial charge on any atom is -0.465 e. The van der Waals surface area contributed by atoms with Crippen LogP contribution in [-0.2, 0) is 14.3 Å².